The fourth-order valence-electron chi connectivity index (χ4n) is 2.21. The quantitative estimate of drug-likeness (QED) is 0.733. The van der Waals surface area contributed by atoms with Crippen molar-refractivity contribution in [2.24, 2.45) is 0 Å². The second-order valence-electron chi connectivity index (χ2n) is 5.09. The van der Waals surface area contributed by atoms with Gasteiger partial charge in [-0.2, -0.15) is 0 Å². The van der Waals surface area contributed by atoms with Gasteiger partial charge in [-0.3, -0.25) is 9.69 Å². The summed E-state index contributed by atoms with van der Waals surface area (Å²) in [5.74, 6) is 0.141. The maximum Gasteiger partial charge on any atom is 0.177 e. The lowest BCUT2D eigenvalue weighted by molar-refractivity contribution is 0.0913. The molecule has 0 saturated heterocycles. The Balaban J connectivity index is 2.69. The van der Waals surface area contributed by atoms with Crippen molar-refractivity contribution >= 4 is 5.78 Å². The lowest BCUT2D eigenvalue weighted by Gasteiger charge is -2.20. The van der Waals surface area contributed by atoms with E-state index in [2.05, 4.69) is 6.92 Å². The van der Waals surface area contributed by atoms with Crippen molar-refractivity contribution in [2.75, 3.05) is 26.2 Å². The second-order valence-corrected chi connectivity index (χ2v) is 5.09. The summed E-state index contributed by atoms with van der Waals surface area (Å²) < 4.78 is 0. The SMILES string of the molecule is CCCCN(CCO)CC(=O)c1ccc(C)cc1C. The van der Waals surface area contributed by atoms with Crippen molar-refractivity contribution in [1.29, 1.82) is 0 Å². The lowest BCUT2D eigenvalue weighted by atomic mass is 10.0. The van der Waals surface area contributed by atoms with Crippen LogP contribution in [0.15, 0.2) is 18.2 Å². The molecule has 0 atom stereocenters. The Morgan fingerprint density at radius 3 is 2.58 bits per heavy atom. The fourth-order valence-corrected chi connectivity index (χ4v) is 2.21. The third kappa shape index (κ3) is 5.13. The van der Waals surface area contributed by atoms with Gasteiger partial charge in [-0.05, 0) is 32.4 Å². The molecule has 1 rings (SSSR count). The van der Waals surface area contributed by atoms with Gasteiger partial charge in [0.2, 0.25) is 0 Å². The average Bonchev–Trinajstić information content (AvgIpc) is 2.36. The number of benzene rings is 1. The number of carbonyl (C=O) groups excluding carboxylic acids is 1. The molecule has 0 aliphatic carbocycles. The highest BCUT2D eigenvalue weighted by atomic mass is 16.3. The number of Topliss-reactive ketones (excluding diaryl/α,β-unsaturated/α-hetero) is 1. The van der Waals surface area contributed by atoms with Gasteiger partial charge in [-0.25, -0.2) is 0 Å². The molecule has 0 aliphatic rings. The van der Waals surface area contributed by atoms with E-state index >= 15 is 0 Å². The fraction of sp³-hybridized carbons (Fsp3) is 0.562. The van der Waals surface area contributed by atoms with Crippen LogP contribution in [-0.4, -0.2) is 42.0 Å². The summed E-state index contributed by atoms with van der Waals surface area (Å²) >= 11 is 0. The first-order chi connectivity index (χ1) is 9.08. The highest BCUT2D eigenvalue weighted by Crippen LogP contribution is 2.12. The molecule has 106 valence electrons. The Labute approximate surface area is 116 Å². The monoisotopic (exact) mass is 263 g/mol. The number of unbranched alkanes of at least 4 members (excludes halogenated alkanes) is 1. The number of aliphatic hydroxyl groups is 1. The van der Waals surface area contributed by atoms with Crippen LogP contribution in [0.2, 0.25) is 0 Å². The molecule has 0 bridgehead atoms. The summed E-state index contributed by atoms with van der Waals surface area (Å²) in [4.78, 5) is 14.3. The Morgan fingerprint density at radius 2 is 2.00 bits per heavy atom. The van der Waals surface area contributed by atoms with E-state index < -0.39 is 0 Å². The molecule has 0 unspecified atom stereocenters. The first kappa shape index (κ1) is 15.9. The first-order valence-corrected chi connectivity index (χ1v) is 7.02. The Bertz CT molecular complexity index is 415. The van der Waals surface area contributed by atoms with Gasteiger partial charge in [0.25, 0.3) is 0 Å². The normalized spacial score (nSPS) is 11.0. The number of hydrogen-bond acceptors (Lipinski definition) is 3. The number of hydrogen-bond donors (Lipinski definition) is 1. The van der Waals surface area contributed by atoms with Gasteiger partial charge < -0.3 is 5.11 Å². The molecule has 0 aliphatic heterocycles. The maximum absolute atomic E-state index is 12.3. The van der Waals surface area contributed by atoms with Crippen LogP contribution in [0.5, 0.6) is 0 Å². The van der Waals surface area contributed by atoms with Gasteiger partial charge in [-0.15, -0.1) is 0 Å². The molecule has 1 aromatic rings. The molecule has 0 radical (unpaired) electrons. The van der Waals surface area contributed by atoms with E-state index in [0.29, 0.717) is 13.1 Å². The molecule has 0 amide bonds. The largest absolute Gasteiger partial charge is 0.395 e. The van der Waals surface area contributed by atoms with Gasteiger partial charge in [-0.1, -0.05) is 37.1 Å². The molecule has 0 fully saturated rings. The molecule has 19 heavy (non-hydrogen) atoms. The summed E-state index contributed by atoms with van der Waals surface area (Å²) in [6.45, 7) is 8.06. The minimum atomic E-state index is 0.101. The van der Waals surface area contributed by atoms with E-state index in [9.17, 15) is 4.79 Å². The summed E-state index contributed by atoms with van der Waals surface area (Å²) in [6, 6.07) is 5.92. The third-order valence-corrected chi connectivity index (χ3v) is 3.29. The smallest absolute Gasteiger partial charge is 0.177 e. The first-order valence-electron chi connectivity index (χ1n) is 7.02. The van der Waals surface area contributed by atoms with Gasteiger partial charge in [0.15, 0.2) is 5.78 Å². The van der Waals surface area contributed by atoms with Crippen LogP contribution in [0.3, 0.4) is 0 Å². The van der Waals surface area contributed by atoms with Crippen LogP contribution in [0.25, 0.3) is 0 Å². The third-order valence-electron chi connectivity index (χ3n) is 3.29. The summed E-state index contributed by atoms with van der Waals surface area (Å²) in [5.41, 5.74) is 3.00. The molecule has 3 heteroatoms. The zero-order valence-electron chi connectivity index (χ0n) is 12.3. The highest BCUT2D eigenvalue weighted by molar-refractivity contribution is 5.98. The van der Waals surface area contributed by atoms with Crippen LogP contribution in [0.4, 0.5) is 0 Å². The van der Waals surface area contributed by atoms with Gasteiger partial charge in [0.1, 0.15) is 0 Å². The second kappa shape index (κ2) is 8.08. The van der Waals surface area contributed by atoms with Crippen molar-refractivity contribution in [3.8, 4) is 0 Å². The van der Waals surface area contributed by atoms with Crippen LogP contribution >= 0.6 is 0 Å². The van der Waals surface area contributed by atoms with E-state index in [1.807, 2.05) is 36.9 Å². The Kier molecular flexibility index (Phi) is 6.74. The topological polar surface area (TPSA) is 40.5 Å². The average molecular weight is 263 g/mol. The zero-order chi connectivity index (χ0) is 14.3. The van der Waals surface area contributed by atoms with Gasteiger partial charge >= 0.3 is 0 Å². The standard InChI is InChI=1S/C16H25NO2/c1-4-5-8-17(9-10-18)12-16(19)15-7-6-13(2)11-14(15)3/h6-7,11,18H,4-5,8-10,12H2,1-3H3. The predicted octanol–water partition coefficient (Wildman–Crippen LogP) is 2.58. The van der Waals surface area contributed by atoms with Crippen molar-refractivity contribution in [1.82, 2.24) is 4.90 Å². The van der Waals surface area contributed by atoms with Crippen LogP contribution in [-0.2, 0) is 0 Å². The minimum Gasteiger partial charge on any atom is -0.395 e. The Hall–Kier alpha value is -1.19. The molecular formula is C16H25NO2. The van der Waals surface area contributed by atoms with Crippen molar-refractivity contribution in [3.63, 3.8) is 0 Å². The zero-order valence-corrected chi connectivity index (χ0v) is 12.3. The van der Waals surface area contributed by atoms with Crippen LogP contribution in [0, 0.1) is 13.8 Å². The van der Waals surface area contributed by atoms with Gasteiger partial charge in [0.05, 0.1) is 13.2 Å². The molecule has 0 saturated carbocycles. The molecule has 1 aromatic carbocycles. The predicted molar refractivity (Wildman–Crippen MR) is 78.7 cm³/mol. The van der Waals surface area contributed by atoms with Crippen molar-refractivity contribution in [2.45, 2.75) is 33.6 Å². The number of aliphatic hydroxyl groups excluding tert-OH is 1. The minimum absolute atomic E-state index is 0.101. The number of nitrogens with zero attached hydrogens (tertiary/aromatic N) is 1. The van der Waals surface area contributed by atoms with Crippen molar-refractivity contribution in [3.05, 3.63) is 34.9 Å². The molecule has 0 heterocycles. The van der Waals surface area contributed by atoms with Crippen molar-refractivity contribution < 1.29 is 9.90 Å². The van der Waals surface area contributed by atoms with E-state index in [-0.39, 0.29) is 12.4 Å². The van der Waals surface area contributed by atoms with E-state index in [0.717, 1.165) is 30.5 Å². The lowest BCUT2D eigenvalue weighted by Crippen LogP contribution is -2.33. The van der Waals surface area contributed by atoms with Crippen LogP contribution < -0.4 is 0 Å². The number of aryl methyl sites for hydroxylation is 2. The highest BCUT2D eigenvalue weighted by Gasteiger charge is 2.13. The molecule has 0 aromatic heterocycles. The number of carbonyl (C=O) groups is 1. The summed E-state index contributed by atoms with van der Waals surface area (Å²) in [5, 5.41) is 9.06. The molecule has 1 N–H and O–H groups in total. The van der Waals surface area contributed by atoms with E-state index in [1.165, 1.54) is 5.56 Å². The maximum atomic E-state index is 12.3. The molecule has 3 nitrogen and oxygen atoms in total. The number of ketones is 1. The summed E-state index contributed by atoms with van der Waals surface area (Å²) in [6.07, 6.45) is 2.15. The summed E-state index contributed by atoms with van der Waals surface area (Å²) in [7, 11) is 0. The van der Waals surface area contributed by atoms with E-state index in [4.69, 9.17) is 5.11 Å². The number of rotatable bonds is 8. The van der Waals surface area contributed by atoms with Crippen LogP contribution in [0.1, 0.15) is 41.3 Å². The molecular weight excluding hydrogens is 238 g/mol. The Morgan fingerprint density at radius 1 is 1.26 bits per heavy atom. The van der Waals surface area contributed by atoms with Gasteiger partial charge in [0, 0.05) is 12.1 Å². The van der Waals surface area contributed by atoms with E-state index in [1.54, 1.807) is 0 Å². The molecule has 0 spiro atoms.